The van der Waals surface area contributed by atoms with Gasteiger partial charge in [0, 0.05) is 12.1 Å². The summed E-state index contributed by atoms with van der Waals surface area (Å²) in [6.07, 6.45) is -5.34. The second-order valence-corrected chi connectivity index (χ2v) is 9.89. The van der Waals surface area contributed by atoms with Crippen molar-refractivity contribution in [1.82, 2.24) is 0 Å². The smallest absolute Gasteiger partial charge is 0.331 e. The average molecular weight is 585 g/mol. The fraction of sp³-hybridized carbons (Fsp3) is 0.367. The maximum atomic E-state index is 13.1. The van der Waals surface area contributed by atoms with Crippen LogP contribution < -0.4 is 14.9 Å². The van der Waals surface area contributed by atoms with Crippen LogP contribution in [-0.4, -0.2) is 77.4 Å². The Kier molecular flexibility index (Phi) is 9.32. The molecule has 0 radical (unpaired) electrons. The number of carbonyl (C=O) groups excluding carboxylic acids is 2. The summed E-state index contributed by atoms with van der Waals surface area (Å²) in [5, 5.41) is 41.5. The minimum Gasteiger partial charge on any atom is -0.504 e. The molecule has 1 aliphatic heterocycles. The third-order valence-corrected chi connectivity index (χ3v) is 6.91. The van der Waals surface area contributed by atoms with Gasteiger partial charge in [-0.2, -0.15) is 0 Å². The van der Waals surface area contributed by atoms with E-state index in [1.165, 1.54) is 51.5 Å². The third kappa shape index (κ3) is 6.16. The van der Waals surface area contributed by atoms with Crippen LogP contribution in [0.5, 0.6) is 17.2 Å². The van der Waals surface area contributed by atoms with Gasteiger partial charge >= 0.3 is 5.97 Å². The molecule has 12 heteroatoms. The molecular weight excluding hydrogens is 552 g/mol. The van der Waals surface area contributed by atoms with Crippen molar-refractivity contribution in [2.24, 2.45) is 0 Å². The van der Waals surface area contributed by atoms with E-state index in [2.05, 4.69) is 0 Å². The molecule has 1 aromatic heterocycles. The Balaban J connectivity index is 1.81. The molecule has 1 saturated heterocycles. The highest BCUT2D eigenvalue weighted by molar-refractivity contribution is 5.88. The van der Waals surface area contributed by atoms with Crippen LogP contribution in [0.3, 0.4) is 0 Å². The maximum absolute atomic E-state index is 13.1. The summed E-state index contributed by atoms with van der Waals surface area (Å²) in [6.45, 7) is 2.31. The second kappa shape index (κ2) is 12.7. The molecule has 2 heterocycles. The number of phenolic OH excluding ortho intramolecular Hbond substituents is 1. The number of aryl methyl sites for hydroxylation is 1. The van der Waals surface area contributed by atoms with Crippen molar-refractivity contribution in [3.8, 4) is 17.2 Å². The number of hydrogen-bond acceptors (Lipinski definition) is 12. The molecule has 4 rings (SSSR count). The molecular formula is C30H32O12. The molecule has 0 amide bonds. The Morgan fingerprint density at radius 3 is 2.40 bits per heavy atom. The highest BCUT2D eigenvalue weighted by atomic mass is 16.6. The van der Waals surface area contributed by atoms with E-state index < -0.39 is 48.5 Å². The van der Waals surface area contributed by atoms with Crippen LogP contribution in [0.2, 0.25) is 0 Å². The molecule has 3 aromatic rings. The number of methoxy groups -OCH3 is 2. The van der Waals surface area contributed by atoms with E-state index in [-0.39, 0.29) is 51.7 Å². The molecule has 0 saturated carbocycles. The van der Waals surface area contributed by atoms with Gasteiger partial charge in [0.1, 0.15) is 47.3 Å². The number of ether oxygens (including phenoxy) is 4. The van der Waals surface area contributed by atoms with Crippen LogP contribution >= 0.6 is 0 Å². The number of carbonyl (C=O) groups is 2. The lowest BCUT2D eigenvalue weighted by Crippen LogP contribution is -2.56. The van der Waals surface area contributed by atoms with Crippen molar-refractivity contribution in [3.05, 3.63) is 69.1 Å². The first-order valence-corrected chi connectivity index (χ1v) is 13.0. The number of Topliss-reactive ketones (excluding diaryl/α,β-unsaturated/α-hetero) is 1. The lowest BCUT2D eigenvalue weighted by molar-refractivity contribution is -0.239. The van der Waals surface area contributed by atoms with Gasteiger partial charge in [-0.15, -0.1) is 0 Å². The summed E-state index contributed by atoms with van der Waals surface area (Å²) in [4.78, 5) is 37.9. The zero-order valence-corrected chi connectivity index (χ0v) is 23.4. The molecule has 12 nitrogen and oxygen atoms in total. The quantitative estimate of drug-likeness (QED) is 0.211. The molecule has 0 spiro atoms. The Hall–Kier alpha value is -4.23. The fourth-order valence-electron chi connectivity index (χ4n) is 4.92. The van der Waals surface area contributed by atoms with Crippen LogP contribution in [-0.2, 0) is 25.5 Å². The summed E-state index contributed by atoms with van der Waals surface area (Å²) >= 11 is 0. The van der Waals surface area contributed by atoms with Crippen LogP contribution in [0.15, 0.2) is 45.6 Å². The van der Waals surface area contributed by atoms with Gasteiger partial charge in [-0.3, -0.25) is 9.59 Å². The van der Waals surface area contributed by atoms with Gasteiger partial charge < -0.3 is 43.8 Å². The molecule has 0 unspecified atom stereocenters. The van der Waals surface area contributed by atoms with Crippen LogP contribution in [0.25, 0.3) is 17.0 Å². The first kappa shape index (κ1) is 30.7. The summed E-state index contributed by atoms with van der Waals surface area (Å²) in [7, 11) is 2.73. The summed E-state index contributed by atoms with van der Waals surface area (Å²) in [5.41, 5.74) is 0.600. The lowest BCUT2D eigenvalue weighted by Gasteiger charge is -2.42. The van der Waals surface area contributed by atoms with Gasteiger partial charge in [0.05, 0.1) is 38.2 Å². The standard InChI is InChI=1S/C30H32O12/c1-14-9-21(39-4)25(28-24(14)19(34)12-17(40-28)10-15(2)32)29-30(27(37)26(36)22(13-31)41-29)42-23(35)8-6-16-5-7-18(33)20(11-16)38-3/h5-9,11-12,22,26-27,29-31,33,36-37H,10,13H2,1-4H3/b8-6+/t22-,26-,27+,29+,30-/m1/s1. The molecule has 1 fully saturated rings. The zero-order chi connectivity index (χ0) is 30.7. The SMILES string of the molecule is COc1cc(/C=C/C(=O)O[C@@H]2[C@@H](O)[C@H](O)[C@@H](CO)O[C@H]2c2c(OC)cc(C)c3c(=O)cc(CC(C)=O)oc23)ccc1O. The average Bonchev–Trinajstić information content (AvgIpc) is 2.94. The first-order chi connectivity index (χ1) is 20.0. The van der Waals surface area contributed by atoms with Crippen molar-refractivity contribution >= 4 is 28.8 Å². The Morgan fingerprint density at radius 1 is 1.05 bits per heavy atom. The lowest BCUT2D eigenvalue weighted by atomic mass is 9.89. The molecule has 2 aromatic carbocycles. The number of aliphatic hydroxyl groups is 3. The number of benzene rings is 2. The number of esters is 1. The number of phenols is 1. The molecule has 4 N–H and O–H groups in total. The molecule has 42 heavy (non-hydrogen) atoms. The monoisotopic (exact) mass is 584 g/mol. The minimum atomic E-state index is -1.74. The predicted octanol–water partition coefficient (Wildman–Crippen LogP) is 1.73. The highest BCUT2D eigenvalue weighted by Gasteiger charge is 2.49. The number of rotatable bonds is 9. The molecule has 1 aliphatic rings. The molecule has 0 aliphatic carbocycles. The predicted molar refractivity (Wildman–Crippen MR) is 148 cm³/mol. The summed E-state index contributed by atoms with van der Waals surface area (Å²) in [5.74, 6) is -0.859. The normalized spacial score (nSPS) is 22.3. The van der Waals surface area contributed by atoms with E-state index in [1.807, 2.05) is 0 Å². The fourth-order valence-corrected chi connectivity index (χ4v) is 4.92. The van der Waals surface area contributed by atoms with Gasteiger partial charge in [0.2, 0.25) is 0 Å². The number of hydrogen-bond donors (Lipinski definition) is 4. The molecule has 224 valence electrons. The van der Waals surface area contributed by atoms with E-state index in [0.717, 1.165) is 6.08 Å². The van der Waals surface area contributed by atoms with E-state index >= 15 is 0 Å². The van der Waals surface area contributed by atoms with Crippen molar-refractivity contribution in [3.63, 3.8) is 0 Å². The van der Waals surface area contributed by atoms with Gasteiger partial charge in [0.15, 0.2) is 23.0 Å². The largest absolute Gasteiger partial charge is 0.504 e. The van der Waals surface area contributed by atoms with Crippen molar-refractivity contribution in [2.75, 3.05) is 20.8 Å². The van der Waals surface area contributed by atoms with Crippen LogP contribution in [0.1, 0.15) is 35.5 Å². The number of fused-ring (bicyclic) bond motifs is 1. The van der Waals surface area contributed by atoms with Gasteiger partial charge in [-0.1, -0.05) is 6.07 Å². The van der Waals surface area contributed by atoms with Gasteiger partial charge in [0.25, 0.3) is 0 Å². The van der Waals surface area contributed by atoms with Crippen LogP contribution in [0.4, 0.5) is 0 Å². The summed E-state index contributed by atoms with van der Waals surface area (Å²) < 4.78 is 28.2. The van der Waals surface area contributed by atoms with Crippen molar-refractivity contribution in [2.45, 2.75) is 50.8 Å². The number of aromatic hydroxyl groups is 1. The van der Waals surface area contributed by atoms with Gasteiger partial charge in [-0.25, -0.2) is 4.79 Å². The van der Waals surface area contributed by atoms with E-state index in [9.17, 15) is 34.8 Å². The minimum absolute atomic E-state index is 0.0198. The Morgan fingerprint density at radius 2 is 1.76 bits per heavy atom. The highest BCUT2D eigenvalue weighted by Crippen LogP contribution is 2.43. The maximum Gasteiger partial charge on any atom is 0.331 e. The molecule has 0 bridgehead atoms. The topological polar surface area (TPSA) is 182 Å². The Bertz CT molecular complexity index is 1570. The second-order valence-electron chi connectivity index (χ2n) is 9.89. The summed E-state index contributed by atoms with van der Waals surface area (Å²) in [6, 6.07) is 7.16. The number of ketones is 1. The Labute approximate surface area is 240 Å². The van der Waals surface area contributed by atoms with Crippen molar-refractivity contribution < 1.29 is 53.4 Å². The zero-order valence-electron chi connectivity index (χ0n) is 23.4. The van der Waals surface area contributed by atoms with E-state index in [1.54, 1.807) is 13.0 Å². The third-order valence-electron chi connectivity index (χ3n) is 6.91. The van der Waals surface area contributed by atoms with Crippen LogP contribution in [0, 0.1) is 6.92 Å². The van der Waals surface area contributed by atoms with Gasteiger partial charge in [-0.05, 0) is 49.2 Å². The van der Waals surface area contributed by atoms with E-state index in [0.29, 0.717) is 11.1 Å². The number of aliphatic hydroxyl groups excluding tert-OH is 3. The van der Waals surface area contributed by atoms with E-state index in [4.69, 9.17) is 23.4 Å². The first-order valence-electron chi connectivity index (χ1n) is 13.0. The van der Waals surface area contributed by atoms with Crippen molar-refractivity contribution in [1.29, 1.82) is 0 Å². The molecule has 5 atom stereocenters.